The summed E-state index contributed by atoms with van der Waals surface area (Å²) in [6, 6.07) is 81.7. The van der Waals surface area contributed by atoms with Gasteiger partial charge in [-0.2, -0.15) is 15.8 Å². The summed E-state index contributed by atoms with van der Waals surface area (Å²) < 4.78 is 6.36. The van der Waals surface area contributed by atoms with Gasteiger partial charge in [0.15, 0.2) is 19.6 Å². The van der Waals surface area contributed by atoms with Gasteiger partial charge >= 0.3 is 0 Å². The molecule has 294 valence electrons. The van der Waals surface area contributed by atoms with Crippen molar-refractivity contribution >= 4 is 45.9 Å². The normalized spacial score (nSPS) is 11.5. The maximum Gasteiger partial charge on any atom is 0.179 e. The highest BCUT2D eigenvalue weighted by molar-refractivity contribution is 7.19. The van der Waals surface area contributed by atoms with Gasteiger partial charge in [-0.15, -0.1) is 0 Å². The smallest absolute Gasteiger partial charge is 0.179 e. The number of ether oxygens (including phenoxy) is 1. The second-order valence-electron chi connectivity index (χ2n) is 15.4. The van der Waals surface area contributed by atoms with Crippen molar-refractivity contribution in [1.29, 1.82) is 15.8 Å². The number of rotatable bonds is 8. The Balaban J connectivity index is 1.20. The lowest BCUT2D eigenvalue weighted by atomic mass is 10.0. The van der Waals surface area contributed by atoms with Crippen molar-refractivity contribution < 1.29 is 4.74 Å². The number of hydrogen-bond acceptors (Lipinski definition) is 5. The Morgan fingerprint density at radius 3 is 0.984 bits per heavy atom. The van der Waals surface area contributed by atoms with E-state index in [-0.39, 0.29) is 0 Å². The van der Waals surface area contributed by atoms with Crippen molar-refractivity contribution in [2.45, 2.75) is 0 Å². The molecule has 1 aliphatic rings. The van der Waals surface area contributed by atoms with E-state index in [1.807, 2.05) is 109 Å². The van der Waals surface area contributed by atoms with Gasteiger partial charge in [-0.1, -0.05) is 164 Å². The quantitative estimate of drug-likeness (QED) is 0.113. The van der Waals surface area contributed by atoms with Crippen LogP contribution in [0.2, 0.25) is 0 Å². The van der Waals surface area contributed by atoms with Crippen molar-refractivity contribution in [3.05, 3.63) is 235 Å². The predicted octanol–water partition coefficient (Wildman–Crippen LogP) is 11.3. The molecule has 0 N–H and O–H groups in total. The van der Waals surface area contributed by atoms with Crippen LogP contribution in [0.4, 0.5) is 17.1 Å². The Bertz CT molecular complexity index is 3000. The van der Waals surface area contributed by atoms with Gasteiger partial charge in [-0.3, -0.25) is 0 Å². The molecule has 1 heterocycles. The van der Waals surface area contributed by atoms with Crippen LogP contribution >= 0.6 is 0 Å². The van der Waals surface area contributed by atoms with Crippen LogP contribution in [0.5, 0.6) is 11.5 Å². The SMILES string of the molecule is N#Cc1ccccc1-c1ccc([Si](c2ccc(-c3ccccc3C#N)cc2)(c2ccc(-c3ccccc3C#N)cc2)c2ccc(N3c4ccccc4Oc4ccccc43)cc2)cc1. The number of anilines is 3. The third-order valence-corrected chi connectivity index (χ3v) is 16.8. The van der Waals surface area contributed by atoms with E-state index < -0.39 is 8.07 Å². The first-order chi connectivity index (χ1) is 31.1. The summed E-state index contributed by atoms with van der Waals surface area (Å²) in [6.45, 7) is 0. The Hall–Kier alpha value is -8.73. The van der Waals surface area contributed by atoms with Gasteiger partial charge in [0.05, 0.1) is 46.3 Å². The monoisotopic (exact) mass is 820 g/mol. The average molecular weight is 821 g/mol. The van der Waals surface area contributed by atoms with E-state index in [1.165, 1.54) is 5.19 Å². The molecule has 0 saturated carbocycles. The fourth-order valence-corrected chi connectivity index (χ4v) is 13.7. The molecule has 5 nitrogen and oxygen atoms in total. The van der Waals surface area contributed by atoms with Gasteiger partial charge in [-0.05, 0) is 109 Å². The molecule has 9 aromatic carbocycles. The summed E-state index contributed by atoms with van der Waals surface area (Å²) in [5.41, 5.74) is 10.3. The molecule has 0 aliphatic carbocycles. The summed E-state index contributed by atoms with van der Waals surface area (Å²) in [7, 11) is -3.19. The first kappa shape index (κ1) is 38.5. The van der Waals surface area contributed by atoms with Gasteiger partial charge in [0.2, 0.25) is 0 Å². The van der Waals surface area contributed by atoms with E-state index >= 15 is 0 Å². The van der Waals surface area contributed by atoms with E-state index in [1.54, 1.807) is 0 Å². The van der Waals surface area contributed by atoms with E-state index in [9.17, 15) is 15.8 Å². The minimum atomic E-state index is -3.19. The molecule has 63 heavy (non-hydrogen) atoms. The van der Waals surface area contributed by atoms with Gasteiger partial charge in [0, 0.05) is 5.69 Å². The highest BCUT2D eigenvalue weighted by atomic mass is 28.3. The molecule has 0 radical (unpaired) electrons. The first-order valence-corrected chi connectivity index (χ1v) is 22.7. The van der Waals surface area contributed by atoms with Crippen LogP contribution in [0, 0.1) is 34.0 Å². The third kappa shape index (κ3) is 6.73. The van der Waals surface area contributed by atoms with E-state index in [2.05, 4.69) is 132 Å². The van der Waals surface area contributed by atoms with Gasteiger partial charge < -0.3 is 9.64 Å². The topological polar surface area (TPSA) is 83.8 Å². The molecular weight excluding hydrogens is 785 g/mol. The summed E-state index contributed by atoms with van der Waals surface area (Å²) in [4.78, 5) is 2.26. The summed E-state index contributed by atoms with van der Waals surface area (Å²) in [5, 5.41) is 34.7. The van der Waals surface area contributed by atoms with Crippen molar-refractivity contribution in [1.82, 2.24) is 0 Å². The fraction of sp³-hybridized carbons (Fsp3) is 0. The van der Waals surface area contributed by atoms with Crippen LogP contribution in [0.25, 0.3) is 33.4 Å². The molecule has 0 atom stereocenters. The van der Waals surface area contributed by atoms with Crippen LogP contribution in [0.1, 0.15) is 16.7 Å². The molecule has 0 amide bonds. The first-order valence-electron chi connectivity index (χ1n) is 20.7. The second-order valence-corrected chi connectivity index (χ2v) is 19.2. The molecule has 0 unspecified atom stereocenters. The highest BCUT2D eigenvalue weighted by Crippen LogP contribution is 2.50. The Morgan fingerprint density at radius 1 is 0.333 bits per heavy atom. The number of fused-ring (bicyclic) bond motifs is 2. The van der Waals surface area contributed by atoms with Gasteiger partial charge in [-0.25, -0.2) is 0 Å². The zero-order valence-corrected chi connectivity index (χ0v) is 35.0. The standard InChI is InChI=1S/C57H36N4OSi/c58-37-43-11-1-4-14-51(43)40-21-29-47(30-22-40)63(48-31-23-41(24-32-48)52-15-5-2-12-44(52)38-59,49-33-25-42(26-34-49)53-16-6-3-13-45(53)39-60)50-35-27-46(28-36-50)61-54-17-7-9-19-56(54)62-57-20-10-8-18-55(57)61/h1-36H. The molecular formula is C57H36N4OSi. The zero-order valence-electron chi connectivity index (χ0n) is 34.0. The molecule has 10 rings (SSSR count). The second kappa shape index (κ2) is 16.4. The third-order valence-electron chi connectivity index (χ3n) is 12.0. The summed E-state index contributed by atoms with van der Waals surface area (Å²) in [5.74, 6) is 1.58. The molecule has 0 bridgehead atoms. The van der Waals surface area contributed by atoms with E-state index in [0.717, 1.165) is 77.5 Å². The van der Waals surface area contributed by atoms with Crippen LogP contribution in [0.3, 0.4) is 0 Å². The number of benzene rings is 9. The van der Waals surface area contributed by atoms with Crippen molar-refractivity contribution in [3.63, 3.8) is 0 Å². The lowest BCUT2D eigenvalue weighted by molar-refractivity contribution is 0.477. The fourth-order valence-electron chi connectivity index (χ4n) is 9.04. The molecule has 0 aromatic heterocycles. The molecule has 0 fully saturated rings. The van der Waals surface area contributed by atoms with E-state index in [4.69, 9.17) is 4.74 Å². The van der Waals surface area contributed by atoms with E-state index in [0.29, 0.717) is 16.7 Å². The minimum absolute atomic E-state index is 0.622. The Kier molecular flexibility index (Phi) is 10.00. The lowest BCUT2D eigenvalue weighted by Crippen LogP contribution is -2.74. The minimum Gasteiger partial charge on any atom is -0.453 e. The number of para-hydroxylation sites is 4. The predicted molar refractivity (Wildman–Crippen MR) is 255 cm³/mol. The maximum atomic E-state index is 10.0. The van der Waals surface area contributed by atoms with Crippen molar-refractivity contribution in [2.24, 2.45) is 0 Å². The Morgan fingerprint density at radius 2 is 0.635 bits per heavy atom. The molecule has 9 aromatic rings. The number of hydrogen-bond donors (Lipinski definition) is 0. The van der Waals surface area contributed by atoms with Gasteiger partial charge in [0.25, 0.3) is 0 Å². The molecule has 0 spiro atoms. The Labute approximate surface area is 367 Å². The zero-order chi connectivity index (χ0) is 42.8. The van der Waals surface area contributed by atoms with Crippen LogP contribution < -0.4 is 30.4 Å². The van der Waals surface area contributed by atoms with Crippen molar-refractivity contribution in [3.8, 4) is 63.1 Å². The summed E-state index contributed by atoms with van der Waals surface area (Å²) in [6.07, 6.45) is 0. The molecule has 0 saturated heterocycles. The van der Waals surface area contributed by atoms with Gasteiger partial charge in [0.1, 0.15) is 0 Å². The molecule has 6 heteroatoms. The largest absolute Gasteiger partial charge is 0.453 e. The van der Waals surface area contributed by atoms with Crippen LogP contribution in [-0.2, 0) is 0 Å². The summed E-state index contributed by atoms with van der Waals surface area (Å²) >= 11 is 0. The molecule has 1 aliphatic heterocycles. The highest BCUT2D eigenvalue weighted by Gasteiger charge is 2.42. The maximum absolute atomic E-state index is 10.0. The average Bonchev–Trinajstić information content (AvgIpc) is 3.36. The number of nitriles is 3. The van der Waals surface area contributed by atoms with Crippen LogP contribution in [-0.4, -0.2) is 8.07 Å². The van der Waals surface area contributed by atoms with Crippen LogP contribution in [0.15, 0.2) is 218 Å². The lowest BCUT2D eigenvalue weighted by Gasteiger charge is -2.36. The van der Waals surface area contributed by atoms with Crippen molar-refractivity contribution in [2.75, 3.05) is 4.90 Å². The number of nitrogens with zero attached hydrogens (tertiary/aromatic N) is 4.